The highest BCUT2D eigenvalue weighted by Gasteiger charge is 2.27. The highest BCUT2D eigenvalue weighted by Crippen LogP contribution is 2.28. The molecule has 3 aromatic carbocycles. The molecule has 0 N–H and O–H groups in total. The Kier molecular flexibility index (Phi) is 6.28. The molecular formula is C25H25ClN2O. The Morgan fingerprint density at radius 2 is 1.38 bits per heavy atom. The SMILES string of the molecule is O=C(C[C@H](c1ccccc1)N1CCN(c2ccccc2)CC1)c1ccc(Cl)cc1. The van der Waals surface area contributed by atoms with Crippen molar-refractivity contribution in [3.05, 3.63) is 101 Å². The van der Waals surface area contributed by atoms with Crippen LogP contribution in [0.2, 0.25) is 5.02 Å². The molecule has 0 spiro atoms. The summed E-state index contributed by atoms with van der Waals surface area (Å²) in [6, 6.07) is 28.2. The second-order valence-electron chi connectivity index (χ2n) is 7.42. The van der Waals surface area contributed by atoms with Crippen molar-refractivity contribution in [2.24, 2.45) is 0 Å². The number of hydrogen-bond donors (Lipinski definition) is 0. The zero-order valence-electron chi connectivity index (χ0n) is 16.4. The summed E-state index contributed by atoms with van der Waals surface area (Å²) in [6.07, 6.45) is 0.469. The van der Waals surface area contributed by atoms with Gasteiger partial charge in [0.25, 0.3) is 0 Å². The van der Waals surface area contributed by atoms with Gasteiger partial charge < -0.3 is 4.90 Å². The summed E-state index contributed by atoms with van der Waals surface area (Å²) in [7, 11) is 0. The maximum atomic E-state index is 13.0. The zero-order chi connectivity index (χ0) is 20.1. The molecule has 0 radical (unpaired) electrons. The molecule has 1 aliphatic rings. The van der Waals surface area contributed by atoms with E-state index in [1.54, 1.807) is 12.1 Å². The van der Waals surface area contributed by atoms with Crippen molar-refractivity contribution >= 4 is 23.1 Å². The summed E-state index contributed by atoms with van der Waals surface area (Å²) in [6.45, 7) is 3.79. The maximum Gasteiger partial charge on any atom is 0.164 e. The first-order chi connectivity index (χ1) is 14.2. The van der Waals surface area contributed by atoms with E-state index in [0.29, 0.717) is 11.4 Å². The fraction of sp³-hybridized carbons (Fsp3) is 0.240. The van der Waals surface area contributed by atoms with Crippen LogP contribution in [0.3, 0.4) is 0 Å². The average Bonchev–Trinajstić information content (AvgIpc) is 2.79. The summed E-state index contributed by atoms with van der Waals surface area (Å²) in [4.78, 5) is 17.9. The number of Topliss-reactive ketones (excluding diaryl/α,β-unsaturated/α-hetero) is 1. The topological polar surface area (TPSA) is 23.6 Å². The van der Waals surface area contributed by atoms with Gasteiger partial charge in [0.1, 0.15) is 0 Å². The minimum Gasteiger partial charge on any atom is -0.369 e. The lowest BCUT2D eigenvalue weighted by atomic mass is 9.96. The molecule has 1 saturated heterocycles. The van der Waals surface area contributed by atoms with E-state index in [9.17, 15) is 4.79 Å². The van der Waals surface area contributed by atoms with Crippen LogP contribution >= 0.6 is 11.6 Å². The molecule has 148 valence electrons. The normalized spacial score (nSPS) is 15.8. The van der Waals surface area contributed by atoms with E-state index in [4.69, 9.17) is 11.6 Å². The first-order valence-electron chi connectivity index (χ1n) is 10.1. The Bertz CT molecular complexity index is 920. The maximum absolute atomic E-state index is 13.0. The molecule has 0 aromatic heterocycles. The standard InChI is InChI=1S/C25H25ClN2O/c26-22-13-11-21(12-14-22)25(29)19-24(20-7-3-1-4-8-20)28-17-15-27(16-18-28)23-9-5-2-6-10-23/h1-14,24H,15-19H2/t24-/m1/s1. The second kappa shape index (κ2) is 9.25. The number of hydrogen-bond acceptors (Lipinski definition) is 3. The monoisotopic (exact) mass is 404 g/mol. The Morgan fingerprint density at radius 3 is 2.00 bits per heavy atom. The largest absolute Gasteiger partial charge is 0.369 e. The number of carbonyl (C=O) groups is 1. The van der Waals surface area contributed by atoms with Crippen molar-refractivity contribution in [2.45, 2.75) is 12.5 Å². The minimum atomic E-state index is 0.0808. The smallest absolute Gasteiger partial charge is 0.164 e. The molecule has 4 heteroatoms. The third-order valence-corrected chi connectivity index (χ3v) is 5.86. The predicted octanol–water partition coefficient (Wildman–Crippen LogP) is 5.48. The molecule has 0 unspecified atom stereocenters. The van der Waals surface area contributed by atoms with Crippen LogP contribution in [-0.4, -0.2) is 36.9 Å². The third-order valence-electron chi connectivity index (χ3n) is 5.61. The highest BCUT2D eigenvalue weighted by atomic mass is 35.5. The van der Waals surface area contributed by atoms with Gasteiger partial charge in [-0.15, -0.1) is 0 Å². The molecule has 4 rings (SSSR count). The van der Waals surface area contributed by atoms with Gasteiger partial charge in [-0.05, 0) is 42.0 Å². The van der Waals surface area contributed by atoms with E-state index >= 15 is 0 Å². The molecule has 29 heavy (non-hydrogen) atoms. The van der Waals surface area contributed by atoms with E-state index in [-0.39, 0.29) is 11.8 Å². The number of carbonyl (C=O) groups excluding carboxylic acids is 1. The van der Waals surface area contributed by atoms with Crippen LogP contribution in [-0.2, 0) is 0 Å². The van der Waals surface area contributed by atoms with Gasteiger partial charge >= 0.3 is 0 Å². The van der Waals surface area contributed by atoms with Gasteiger partial charge in [-0.2, -0.15) is 0 Å². The number of ketones is 1. The van der Waals surface area contributed by atoms with Crippen LogP contribution in [0.15, 0.2) is 84.9 Å². The van der Waals surface area contributed by atoms with Crippen LogP contribution < -0.4 is 4.90 Å². The molecule has 3 nitrogen and oxygen atoms in total. The van der Waals surface area contributed by atoms with Gasteiger partial charge in [0.15, 0.2) is 5.78 Å². The number of benzene rings is 3. The lowest BCUT2D eigenvalue weighted by molar-refractivity contribution is 0.0910. The molecule has 1 heterocycles. The quantitative estimate of drug-likeness (QED) is 0.508. The van der Waals surface area contributed by atoms with Crippen molar-refractivity contribution in [3.8, 4) is 0 Å². The molecule has 0 bridgehead atoms. The van der Waals surface area contributed by atoms with E-state index < -0.39 is 0 Å². The van der Waals surface area contributed by atoms with Gasteiger partial charge in [-0.1, -0.05) is 60.1 Å². The van der Waals surface area contributed by atoms with Crippen molar-refractivity contribution < 1.29 is 4.79 Å². The van der Waals surface area contributed by atoms with Gasteiger partial charge in [-0.3, -0.25) is 9.69 Å². The summed E-state index contributed by atoms with van der Waals surface area (Å²) in [5.41, 5.74) is 3.18. The van der Waals surface area contributed by atoms with E-state index in [2.05, 4.69) is 58.3 Å². The van der Waals surface area contributed by atoms with Crippen LogP contribution in [0, 0.1) is 0 Å². The van der Waals surface area contributed by atoms with E-state index in [1.165, 1.54) is 11.3 Å². The van der Waals surface area contributed by atoms with Gasteiger partial charge in [0.2, 0.25) is 0 Å². The molecule has 1 atom stereocenters. The van der Waals surface area contributed by atoms with E-state index in [0.717, 1.165) is 31.7 Å². The Balaban J connectivity index is 1.49. The lowest BCUT2D eigenvalue weighted by Crippen LogP contribution is -2.48. The first-order valence-corrected chi connectivity index (χ1v) is 10.5. The van der Waals surface area contributed by atoms with Gasteiger partial charge in [-0.25, -0.2) is 0 Å². The number of anilines is 1. The fourth-order valence-corrected chi connectivity index (χ4v) is 4.12. The molecule has 1 aliphatic heterocycles. The van der Waals surface area contributed by atoms with Crippen LogP contribution in [0.1, 0.15) is 28.4 Å². The van der Waals surface area contributed by atoms with Gasteiger partial charge in [0, 0.05) is 54.9 Å². The minimum absolute atomic E-state index is 0.0808. The van der Waals surface area contributed by atoms with Crippen molar-refractivity contribution in [1.29, 1.82) is 0 Å². The molecular weight excluding hydrogens is 380 g/mol. The average molecular weight is 405 g/mol. The molecule has 3 aromatic rings. The second-order valence-corrected chi connectivity index (χ2v) is 7.86. The summed E-state index contributed by atoms with van der Waals surface area (Å²) >= 11 is 5.98. The van der Waals surface area contributed by atoms with Crippen molar-refractivity contribution in [1.82, 2.24) is 4.90 Å². The zero-order valence-corrected chi connectivity index (χ0v) is 17.1. The number of piperazine rings is 1. The van der Waals surface area contributed by atoms with E-state index in [1.807, 2.05) is 24.3 Å². The summed E-state index contributed by atoms with van der Waals surface area (Å²) in [5.74, 6) is 0.154. The van der Waals surface area contributed by atoms with Crippen molar-refractivity contribution in [2.75, 3.05) is 31.1 Å². The number of rotatable bonds is 6. The molecule has 0 aliphatic carbocycles. The molecule has 1 fully saturated rings. The van der Waals surface area contributed by atoms with Crippen LogP contribution in [0.4, 0.5) is 5.69 Å². The Morgan fingerprint density at radius 1 is 0.793 bits per heavy atom. The summed E-state index contributed by atoms with van der Waals surface area (Å²) < 4.78 is 0. The number of halogens is 1. The molecule has 0 amide bonds. The lowest BCUT2D eigenvalue weighted by Gasteiger charge is -2.40. The van der Waals surface area contributed by atoms with Crippen LogP contribution in [0.5, 0.6) is 0 Å². The number of para-hydroxylation sites is 1. The van der Waals surface area contributed by atoms with Crippen LogP contribution in [0.25, 0.3) is 0 Å². The Hall–Kier alpha value is -2.62. The number of nitrogens with zero attached hydrogens (tertiary/aromatic N) is 2. The summed E-state index contributed by atoms with van der Waals surface area (Å²) in [5, 5.41) is 0.651. The third kappa shape index (κ3) is 4.87. The fourth-order valence-electron chi connectivity index (χ4n) is 3.99. The highest BCUT2D eigenvalue weighted by molar-refractivity contribution is 6.30. The van der Waals surface area contributed by atoms with Gasteiger partial charge in [0.05, 0.1) is 0 Å². The van der Waals surface area contributed by atoms with Crippen molar-refractivity contribution in [3.63, 3.8) is 0 Å². The molecule has 0 saturated carbocycles. The first kappa shape index (κ1) is 19.7. The Labute approximate surface area is 177 Å². The predicted molar refractivity (Wildman–Crippen MR) is 120 cm³/mol.